The van der Waals surface area contributed by atoms with Crippen LogP contribution in [0.2, 0.25) is 0 Å². The molecule has 0 atom stereocenters. The third kappa shape index (κ3) is 4.44. The summed E-state index contributed by atoms with van der Waals surface area (Å²) in [4.78, 5) is 30.6. The first kappa shape index (κ1) is 19.7. The van der Waals surface area contributed by atoms with Crippen molar-refractivity contribution in [3.63, 3.8) is 0 Å². The van der Waals surface area contributed by atoms with Crippen LogP contribution in [0.15, 0.2) is 48.5 Å². The highest BCUT2D eigenvalue weighted by molar-refractivity contribution is 5.98. The molecule has 2 aromatic carbocycles. The van der Waals surface area contributed by atoms with Gasteiger partial charge >= 0.3 is 0 Å². The van der Waals surface area contributed by atoms with Crippen LogP contribution in [-0.2, 0) is 9.59 Å². The number of anilines is 2. The Bertz CT molecular complexity index is 827. The number of methoxy groups -OCH3 is 1. The molecular weight excluding hydrogens is 354 g/mol. The van der Waals surface area contributed by atoms with Crippen molar-refractivity contribution in [3.05, 3.63) is 54.1 Å². The second-order valence-corrected chi connectivity index (χ2v) is 6.96. The van der Waals surface area contributed by atoms with Crippen LogP contribution >= 0.6 is 0 Å². The Kier molecular flexibility index (Phi) is 6.19. The molecule has 3 rings (SSSR count). The van der Waals surface area contributed by atoms with Gasteiger partial charge in [-0.3, -0.25) is 9.59 Å². The van der Waals surface area contributed by atoms with Crippen LogP contribution in [-0.4, -0.2) is 56.5 Å². The molecule has 0 radical (unpaired) electrons. The number of hydrogen-bond acceptors (Lipinski definition) is 4. The minimum absolute atomic E-state index is 0.0205. The first-order valence-corrected chi connectivity index (χ1v) is 9.50. The van der Waals surface area contributed by atoms with Crippen LogP contribution in [0.5, 0.6) is 5.75 Å². The third-order valence-electron chi connectivity index (χ3n) is 5.15. The summed E-state index contributed by atoms with van der Waals surface area (Å²) in [5.41, 5.74) is 2.90. The molecule has 0 N–H and O–H groups in total. The molecule has 1 aliphatic rings. The van der Waals surface area contributed by atoms with Gasteiger partial charge in [-0.1, -0.05) is 18.2 Å². The van der Waals surface area contributed by atoms with Crippen molar-refractivity contribution in [3.8, 4) is 5.75 Å². The number of hydrogen-bond donors (Lipinski definition) is 0. The molecule has 1 saturated heterocycles. The van der Waals surface area contributed by atoms with Gasteiger partial charge in [-0.2, -0.15) is 0 Å². The van der Waals surface area contributed by atoms with Crippen LogP contribution in [0.4, 0.5) is 11.4 Å². The Morgan fingerprint density at radius 1 is 1.00 bits per heavy atom. The molecule has 0 saturated carbocycles. The first-order chi connectivity index (χ1) is 13.5. The van der Waals surface area contributed by atoms with Crippen molar-refractivity contribution in [2.24, 2.45) is 0 Å². The molecule has 1 fully saturated rings. The summed E-state index contributed by atoms with van der Waals surface area (Å²) in [6, 6.07) is 15.6. The summed E-state index contributed by atoms with van der Waals surface area (Å²) in [6.45, 7) is 6.34. The number of ether oxygens (including phenoxy) is 1. The molecular formula is C22H27N3O3. The third-order valence-corrected chi connectivity index (χ3v) is 5.15. The SMILES string of the molecule is COc1ccc(N2CCN(C(=O)CN(C(C)=O)c3ccccc3C)CC2)cc1. The van der Waals surface area contributed by atoms with E-state index in [9.17, 15) is 9.59 Å². The number of piperazine rings is 1. The van der Waals surface area contributed by atoms with Crippen LogP contribution in [0, 0.1) is 6.92 Å². The predicted molar refractivity (Wildman–Crippen MR) is 111 cm³/mol. The largest absolute Gasteiger partial charge is 0.497 e. The van der Waals surface area contributed by atoms with Gasteiger partial charge in [-0.05, 0) is 42.8 Å². The van der Waals surface area contributed by atoms with Crippen molar-refractivity contribution in [2.75, 3.05) is 49.6 Å². The molecule has 0 aliphatic carbocycles. The normalized spacial score (nSPS) is 14.0. The first-order valence-electron chi connectivity index (χ1n) is 9.50. The smallest absolute Gasteiger partial charge is 0.242 e. The van der Waals surface area contributed by atoms with Crippen molar-refractivity contribution in [1.82, 2.24) is 4.90 Å². The average Bonchev–Trinajstić information content (AvgIpc) is 2.72. The lowest BCUT2D eigenvalue weighted by Crippen LogP contribution is -2.52. The quantitative estimate of drug-likeness (QED) is 0.799. The molecule has 0 bridgehead atoms. The molecule has 6 nitrogen and oxygen atoms in total. The van der Waals surface area contributed by atoms with Crippen molar-refractivity contribution in [1.29, 1.82) is 0 Å². The summed E-state index contributed by atoms with van der Waals surface area (Å²) in [5.74, 6) is 0.686. The van der Waals surface area contributed by atoms with Crippen LogP contribution in [0.1, 0.15) is 12.5 Å². The lowest BCUT2D eigenvalue weighted by atomic mass is 10.1. The van der Waals surface area contributed by atoms with Gasteiger partial charge in [-0.25, -0.2) is 0 Å². The van der Waals surface area contributed by atoms with Gasteiger partial charge in [0.15, 0.2) is 0 Å². The zero-order valence-electron chi connectivity index (χ0n) is 16.7. The van der Waals surface area contributed by atoms with Gasteiger partial charge in [0.25, 0.3) is 0 Å². The Hall–Kier alpha value is -3.02. The van der Waals surface area contributed by atoms with E-state index in [1.807, 2.05) is 60.4 Å². The number of para-hydroxylation sites is 1. The minimum atomic E-state index is -0.125. The van der Waals surface area contributed by atoms with E-state index in [-0.39, 0.29) is 18.4 Å². The highest BCUT2D eigenvalue weighted by Crippen LogP contribution is 2.22. The average molecular weight is 381 g/mol. The number of nitrogens with zero attached hydrogens (tertiary/aromatic N) is 3. The zero-order chi connectivity index (χ0) is 20.1. The van der Waals surface area contributed by atoms with E-state index >= 15 is 0 Å². The van der Waals surface area contributed by atoms with Gasteiger partial charge in [0.2, 0.25) is 11.8 Å². The zero-order valence-corrected chi connectivity index (χ0v) is 16.7. The van der Waals surface area contributed by atoms with Gasteiger partial charge in [0.1, 0.15) is 12.3 Å². The standard InChI is InChI=1S/C22H27N3O3/c1-17-6-4-5-7-21(17)25(18(2)26)16-22(27)24-14-12-23(13-15-24)19-8-10-20(28-3)11-9-19/h4-11H,12-16H2,1-3H3. The maximum Gasteiger partial charge on any atom is 0.242 e. The number of aryl methyl sites for hydroxylation is 1. The maximum absolute atomic E-state index is 12.8. The molecule has 2 aromatic rings. The van der Waals surface area contributed by atoms with E-state index in [4.69, 9.17) is 4.74 Å². The summed E-state index contributed by atoms with van der Waals surface area (Å²) >= 11 is 0. The Balaban J connectivity index is 1.61. The van der Waals surface area contributed by atoms with E-state index in [2.05, 4.69) is 4.90 Å². The fourth-order valence-corrected chi connectivity index (χ4v) is 3.47. The summed E-state index contributed by atoms with van der Waals surface area (Å²) in [6.07, 6.45) is 0. The molecule has 1 aliphatic heterocycles. The van der Waals surface area contributed by atoms with Crippen LogP contribution in [0.3, 0.4) is 0 Å². The highest BCUT2D eigenvalue weighted by atomic mass is 16.5. The van der Waals surface area contributed by atoms with E-state index in [0.717, 1.165) is 35.8 Å². The van der Waals surface area contributed by atoms with Crippen LogP contribution < -0.4 is 14.5 Å². The number of carbonyl (C=O) groups excluding carboxylic acids is 2. The fraction of sp³-hybridized carbons (Fsp3) is 0.364. The number of carbonyl (C=O) groups is 2. The van der Waals surface area contributed by atoms with E-state index < -0.39 is 0 Å². The summed E-state index contributed by atoms with van der Waals surface area (Å²) < 4.78 is 5.20. The molecule has 1 heterocycles. The monoisotopic (exact) mass is 381 g/mol. The molecule has 6 heteroatoms. The number of benzene rings is 2. The Morgan fingerprint density at radius 3 is 2.21 bits per heavy atom. The molecule has 2 amide bonds. The van der Waals surface area contributed by atoms with Crippen molar-refractivity contribution >= 4 is 23.2 Å². The molecule has 0 unspecified atom stereocenters. The molecule has 0 aromatic heterocycles. The lowest BCUT2D eigenvalue weighted by Gasteiger charge is -2.37. The van der Waals surface area contributed by atoms with E-state index in [1.165, 1.54) is 6.92 Å². The van der Waals surface area contributed by atoms with Gasteiger partial charge in [0, 0.05) is 44.5 Å². The topological polar surface area (TPSA) is 53.1 Å². The Morgan fingerprint density at radius 2 is 1.64 bits per heavy atom. The van der Waals surface area contributed by atoms with Gasteiger partial charge in [-0.15, -0.1) is 0 Å². The lowest BCUT2D eigenvalue weighted by molar-refractivity contribution is -0.131. The molecule has 0 spiro atoms. The Labute approximate surface area is 166 Å². The fourth-order valence-electron chi connectivity index (χ4n) is 3.47. The second-order valence-electron chi connectivity index (χ2n) is 6.96. The number of amides is 2. The maximum atomic E-state index is 12.8. The van der Waals surface area contributed by atoms with Crippen molar-refractivity contribution in [2.45, 2.75) is 13.8 Å². The van der Waals surface area contributed by atoms with Crippen LogP contribution in [0.25, 0.3) is 0 Å². The highest BCUT2D eigenvalue weighted by Gasteiger charge is 2.25. The predicted octanol–water partition coefficient (Wildman–Crippen LogP) is 2.71. The minimum Gasteiger partial charge on any atom is -0.497 e. The van der Waals surface area contributed by atoms with Gasteiger partial charge in [0.05, 0.1) is 7.11 Å². The molecule has 148 valence electrons. The van der Waals surface area contributed by atoms with E-state index in [0.29, 0.717) is 13.1 Å². The van der Waals surface area contributed by atoms with Gasteiger partial charge < -0.3 is 19.4 Å². The van der Waals surface area contributed by atoms with E-state index in [1.54, 1.807) is 12.0 Å². The summed E-state index contributed by atoms with van der Waals surface area (Å²) in [5, 5.41) is 0. The summed E-state index contributed by atoms with van der Waals surface area (Å²) in [7, 11) is 1.65. The second kappa shape index (κ2) is 8.78. The number of rotatable bonds is 5. The molecule has 28 heavy (non-hydrogen) atoms. The van der Waals surface area contributed by atoms with Crippen molar-refractivity contribution < 1.29 is 14.3 Å².